The number of nitrogen functional groups attached to an aromatic ring is 1. The lowest BCUT2D eigenvalue weighted by Gasteiger charge is -2.03. The van der Waals surface area contributed by atoms with Gasteiger partial charge in [0.2, 0.25) is 5.76 Å². The molecule has 0 aliphatic rings. The van der Waals surface area contributed by atoms with Gasteiger partial charge in [0.05, 0.1) is 22.3 Å². The molecule has 0 spiro atoms. The molecule has 1 heterocycles. The number of ketones is 1. The largest absolute Gasteiger partial charge is 0.460 e. The standard InChI is InChI=1S/C16H13Cl2NO4/c1-2-22-16(21)14-6-4-10(23-14)3-5-13(20)9-7-11(17)15(19)12(18)8-9/h3-8H,2,19H2,1H3. The van der Waals surface area contributed by atoms with Gasteiger partial charge in [-0.1, -0.05) is 23.2 Å². The third-order valence-electron chi connectivity index (χ3n) is 2.87. The Kier molecular flexibility index (Phi) is 5.47. The number of nitrogens with two attached hydrogens (primary N) is 1. The highest BCUT2D eigenvalue weighted by atomic mass is 35.5. The number of anilines is 1. The molecule has 0 saturated carbocycles. The molecule has 0 radical (unpaired) electrons. The van der Waals surface area contributed by atoms with Gasteiger partial charge < -0.3 is 14.9 Å². The van der Waals surface area contributed by atoms with Crippen LogP contribution in [0.3, 0.4) is 0 Å². The molecule has 0 aliphatic heterocycles. The van der Waals surface area contributed by atoms with Gasteiger partial charge in [0.15, 0.2) is 5.78 Å². The van der Waals surface area contributed by atoms with Gasteiger partial charge in [-0.15, -0.1) is 0 Å². The fourth-order valence-electron chi connectivity index (χ4n) is 1.73. The fourth-order valence-corrected chi connectivity index (χ4v) is 2.22. The average Bonchev–Trinajstić information content (AvgIpc) is 2.99. The number of carbonyl (C=O) groups is 2. The summed E-state index contributed by atoms with van der Waals surface area (Å²) in [6.45, 7) is 1.95. The number of hydrogen-bond donors (Lipinski definition) is 1. The van der Waals surface area contributed by atoms with Crippen molar-refractivity contribution in [3.05, 3.63) is 57.5 Å². The van der Waals surface area contributed by atoms with Crippen LogP contribution >= 0.6 is 23.2 Å². The van der Waals surface area contributed by atoms with Crippen molar-refractivity contribution in [1.29, 1.82) is 0 Å². The van der Waals surface area contributed by atoms with Crippen molar-refractivity contribution in [3.63, 3.8) is 0 Å². The molecule has 0 unspecified atom stereocenters. The predicted octanol–water partition coefficient (Wildman–Crippen LogP) is 4.24. The first-order chi connectivity index (χ1) is 10.9. The quantitative estimate of drug-likeness (QED) is 0.376. The zero-order chi connectivity index (χ0) is 17.0. The Balaban J connectivity index is 2.14. The van der Waals surface area contributed by atoms with E-state index in [1.165, 1.54) is 30.4 Å². The molecule has 7 heteroatoms. The summed E-state index contributed by atoms with van der Waals surface area (Å²) in [6.07, 6.45) is 2.72. The number of ether oxygens (including phenoxy) is 1. The van der Waals surface area contributed by atoms with E-state index < -0.39 is 5.97 Å². The van der Waals surface area contributed by atoms with E-state index >= 15 is 0 Å². The lowest BCUT2D eigenvalue weighted by Crippen LogP contribution is -2.02. The number of hydrogen-bond acceptors (Lipinski definition) is 5. The zero-order valence-electron chi connectivity index (χ0n) is 12.1. The summed E-state index contributed by atoms with van der Waals surface area (Å²) >= 11 is 11.8. The van der Waals surface area contributed by atoms with Crippen LogP contribution in [0.25, 0.3) is 6.08 Å². The minimum absolute atomic E-state index is 0.0672. The van der Waals surface area contributed by atoms with Crippen LogP contribution in [-0.2, 0) is 4.74 Å². The van der Waals surface area contributed by atoms with Gasteiger partial charge in [0.25, 0.3) is 0 Å². The van der Waals surface area contributed by atoms with Gasteiger partial charge >= 0.3 is 5.97 Å². The highest BCUT2D eigenvalue weighted by molar-refractivity contribution is 6.39. The van der Waals surface area contributed by atoms with Gasteiger partial charge in [0.1, 0.15) is 5.76 Å². The predicted molar refractivity (Wildman–Crippen MR) is 88.9 cm³/mol. The van der Waals surface area contributed by atoms with Gasteiger partial charge in [-0.25, -0.2) is 4.79 Å². The lowest BCUT2D eigenvalue weighted by atomic mass is 10.1. The first-order valence-electron chi connectivity index (χ1n) is 6.66. The second-order valence-electron chi connectivity index (χ2n) is 4.47. The Morgan fingerprint density at radius 3 is 2.52 bits per heavy atom. The zero-order valence-corrected chi connectivity index (χ0v) is 13.6. The molecule has 0 fully saturated rings. The Morgan fingerprint density at radius 1 is 1.26 bits per heavy atom. The van der Waals surface area contributed by atoms with Crippen LogP contribution in [0.5, 0.6) is 0 Å². The van der Waals surface area contributed by atoms with E-state index in [0.717, 1.165) is 0 Å². The summed E-state index contributed by atoms with van der Waals surface area (Å²) in [6, 6.07) is 5.89. The molecule has 2 rings (SSSR count). The third kappa shape index (κ3) is 4.15. The molecule has 0 aliphatic carbocycles. The summed E-state index contributed by atoms with van der Waals surface area (Å²) in [7, 11) is 0. The first kappa shape index (κ1) is 17.1. The summed E-state index contributed by atoms with van der Waals surface area (Å²) in [4.78, 5) is 23.6. The molecule has 2 N–H and O–H groups in total. The number of carbonyl (C=O) groups excluding carboxylic acids is 2. The van der Waals surface area contributed by atoms with E-state index in [-0.39, 0.29) is 33.9 Å². The molecule has 2 aromatic rings. The number of benzene rings is 1. The molecule has 0 atom stereocenters. The molecule has 1 aromatic heterocycles. The fraction of sp³-hybridized carbons (Fsp3) is 0.125. The van der Waals surface area contributed by atoms with Crippen molar-refractivity contribution < 1.29 is 18.7 Å². The molecule has 5 nitrogen and oxygen atoms in total. The van der Waals surface area contributed by atoms with Crippen molar-refractivity contribution in [2.75, 3.05) is 12.3 Å². The van der Waals surface area contributed by atoms with Crippen LogP contribution in [-0.4, -0.2) is 18.4 Å². The average molecular weight is 354 g/mol. The van der Waals surface area contributed by atoms with Gasteiger partial charge in [-0.05, 0) is 43.3 Å². The summed E-state index contributed by atoms with van der Waals surface area (Å²) in [5.74, 6) is -0.481. The summed E-state index contributed by atoms with van der Waals surface area (Å²) in [5.41, 5.74) is 6.13. The maximum atomic E-state index is 12.1. The lowest BCUT2D eigenvalue weighted by molar-refractivity contribution is 0.0489. The van der Waals surface area contributed by atoms with Crippen LogP contribution < -0.4 is 5.73 Å². The third-order valence-corrected chi connectivity index (χ3v) is 3.49. The van der Waals surface area contributed by atoms with E-state index in [9.17, 15) is 9.59 Å². The van der Waals surface area contributed by atoms with Gasteiger partial charge in [-0.2, -0.15) is 0 Å². The van der Waals surface area contributed by atoms with Gasteiger partial charge in [0, 0.05) is 5.56 Å². The van der Waals surface area contributed by atoms with Crippen molar-refractivity contribution >= 4 is 46.7 Å². The monoisotopic (exact) mass is 353 g/mol. The minimum atomic E-state index is -0.560. The number of furan rings is 1. The van der Waals surface area contributed by atoms with Gasteiger partial charge in [-0.3, -0.25) is 4.79 Å². The molecule has 120 valence electrons. The van der Waals surface area contributed by atoms with Crippen molar-refractivity contribution in [2.24, 2.45) is 0 Å². The number of esters is 1. The number of allylic oxidation sites excluding steroid dienone is 1. The Hall–Kier alpha value is -2.24. The van der Waals surface area contributed by atoms with E-state index in [2.05, 4.69) is 0 Å². The van der Waals surface area contributed by atoms with Crippen LogP contribution in [0.15, 0.2) is 34.8 Å². The van der Waals surface area contributed by atoms with Crippen LogP contribution in [0.4, 0.5) is 5.69 Å². The SMILES string of the molecule is CCOC(=O)c1ccc(C=CC(=O)c2cc(Cl)c(N)c(Cl)c2)o1. The number of rotatable bonds is 5. The van der Waals surface area contributed by atoms with Crippen molar-refractivity contribution in [1.82, 2.24) is 0 Å². The van der Waals surface area contributed by atoms with E-state index in [0.29, 0.717) is 11.3 Å². The molecule has 1 aromatic carbocycles. The number of halogens is 2. The van der Waals surface area contributed by atoms with Crippen LogP contribution in [0.2, 0.25) is 10.0 Å². The first-order valence-corrected chi connectivity index (χ1v) is 7.42. The Labute approximate surface area is 142 Å². The van der Waals surface area contributed by atoms with E-state index in [4.69, 9.17) is 38.1 Å². The molecule has 0 bridgehead atoms. The van der Waals surface area contributed by atoms with E-state index in [1.54, 1.807) is 13.0 Å². The van der Waals surface area contributed by atoms with Crippen LogP contribution in [0.1, 0.15) is 33.6 Å². The summed E-state index contributed by atoms with van der Waals surface area (Å²) < 4.78 is 10.1. The normalized spacial score (nSPS) is 10.9. The minimum Gasteiger partial charge on any atom is -0.460 e. The highest BCUT2D eigenvalue weighted by Crippen LogP contribution is 2.29. The topological polar surface area (TPSA) is 82.5 Å². The molecular formula is C16H13Cl2NO4. The highest BCUT2D eigenvalue weighted by Gasteiger charge is 2.12. The second-order valence-corrected chi connectivity index (χ2v) is 5.29. The maximum Gasteiger partial charge on any atom is 0.374 e. The Morgan fingerprint density at radius 2 is 1.91 bits per heavy atom. The summed E-state index contributed by atoms with van der Waals surface area (Å²) in [5, 5.41) is 0.411. The molecular weight excluding hydrogens is 341 g/mol. The molecule has 23 heavy (non-hydrogen) atoms. The molecule has 0 saturated heterocycles. The maximum absolute atomic E-state index is 12.1. The second kappa shape index (κ2) is 7.35. The smallest absolute Gasteiger partial charge is 0.374 e. The van der Waals surface area contributed by atoms with Crippen molar-refractivity contribution in [2.45, 2.75) is 6.92 Å². The molecule has 0 amide bonds. The van der Waals surface area contributed by atoms with E-state index in [1.807, 2.05) is 0 Å². The van der Waals surface area contributed by atoms with Crippen LogP contribution in [0, 0.1) is 0 Å². The van der Waals surface area contributed by atoms with Crippen molar-refractivity contribution in [3.8, 4) is 0 Å². The Bertz CT molecular complexity index is 757.